The highest BCUT2D eigenvalue weighted by molar-refractivity contribution is 5.64. The van der Waals surface area contributed by atoms with Gasteiger partial charge in [-0.05, 0) is 19.1 Å². The SMILES string of the molecule is COc1cc(CC(F)C(F)CCF)c(OC)cc1CC(C)OC(N)=O. The number of carbonyl (C=O) groups is 1. The van der Waals surface area contributed by atoms with Gasteiger partial charge in [-0.1, -0.05) is 0 Å². The Labute approximate surface area is 145 Å². The van der Waals surface area contributed by atoms with Crippen molar-refractivity contribution in [2.45, 2.75) is 44.6 Å². The summed E-state index contributed by atoms with van der Waals surface area (Å²) < 4.78 is 55.1. The maximum Gasteiger partial charge on any atom is 0.404 e. The second-order valence-electron chi connectivity index (χ2n) is 5.64. The smallest absolute Gasteiger partial charge is 0.404 e. The number of primary amides is 1. The molecule has 0 aromatic heterocycles. The zero-order chi connectivity index (χ0) is 19.0. The quantitative estimate of drug-likeness (QED) is 0.692. The molecule has 0 bridgehead atoms. The Morgan fingerprint density at radius 3 is 2.04 bits per heavy atom. The van der Waals surface area contributed by atoms with E-state index in [2.05, 4.69) is 0 Å². The van der Waals surface area contributed by atoms with Crippen LogP contribution in [0.25, 0.3) is 0 Å². The van der Waals surface area contributed by atoms with E-state index in [1.165, 1.54) is 14.2 Å². The lowest BCUT2D eigenvalue weighted by molar-refractivity contribution is 0.116. The molecule has 25 heavy (non-hydrogen) atoms. The molecule has 0 spiro atoms. The first kappa shape index (κ1) is 20.9. The summed E-state index contributed by atoms with van der Waals surface area (Å²) in [5.41, 5.74) is 6.05. The number of methoxy groups -OCH3 is 2. The highest BCUT2D eigenvalue weighted by Gasteiger charge is 2.23. The summed E-state index contributed by atoms with van der Waals surface area (Å²) in [6.45, 7) is 0.742. The summed E-state index contributed by atoms with van der Waals surface area (Å²) in [4.78, 5) is 10.8. The van der Waals surface area contributed by atoms with E-state index >= 15 is 0 Å². The van der Waals surface area contributed by atoms with Gasteiger partial charge >= 0.3 is 6.09 Å². The van der Waals surface area contributed by atoms with Crippen molar-refractivity contribution < 1.29 is 32.2 Å². The van der Waals surface area contributed by atoms with E-state index in [4.69, 9.17) is 19.9 Å². The van der Waals surface area contributed by atoms with Gasteiger partial charge in [0.15, 0.2) is 0 Å². The lowest BCUT2D eigenvalue weighted by Gasteiger charge is -2.19. The highest BCUT2D eigenvalue weighted by atomic mass is 19.2. The molecule has 0 saturated heterocycles. The molecule has 0 aliphatic rings. The van der Waals surface area contributed by atoms with E-state index in [9.17, 15) is 18.0 Å². The summed E-state index contributed by atoms with van der Waals surface area (Å²) in [5, 5.41) is 0. The van der Waals surface area contributed by atoms with E-state index in [0.717, 1.165) is 0 Å². The van der Waals surface area contributed by atoms with E-state index in [1.54, 1.807) is 19.1 Å². The van der Waals surface area contributed by atoms with Crippen LogP contribution in [0.1, 0.15) is 24.5 Å². The summed E-state index contributed by atoms with van der Waals surface area (Å²) >= 11 is 0. The number of alkyl halides is 3. The number of hydrogen-bond acceptors (Lipinski definition) is 4. The molecule has 3 atom stereocenters. The molecule has 0 radical (unpaired) electrons. The van der Waals surface area contributed by atoms with Crippen molar-refractivity contribution in [2.75, 3.05) is 20.9 Å². The highest BCUT2D eigenvalue weighted by Crippen LogP contribution is 2.32. The third-order valence-corrected chi connectivity index (χ3v) is 3.70. The summed E-state index contributed by atoms with van der Waals surface area (Å²) in [6.07, 6.45) is -5.58. The number of halogens is 3. The molecule has 0 saturated carbocycles. The largest absolute Gasteiger partial charge is 0.496 e. The van der Waals surface area contributed by atoms with E-state index in [-0.39, 0.29) is 6.42 Å². The molecular formula is C17H24F3NO4. The second kappa shape index (κ2) is 10.0. The van der Waals surface area contributed by atoms with Crippen LogP contribution >= 0.6 is 0 Å². The van der Waals surface area contributed by atoms with Crippen molar-refractivity contribution in [1.29, 1.82) is 0 Å². The Morgan fingerprint density at radius 1 is 1.08 bits per heavy atom. The molecule has 1 aromatic carbocycles. The van der Waals surface area contributed by atoms with Crippen molar-refractivity contribution >= 4 is 6.09 Å². The minimum Gasteiger partial charge on any atom is -0.496 e. The topological polar surface area (TPSA) is 70.8 Å². The average Bonchev–Trinajstić information content (AvgIpc) is 2.54. The maximum atomic E-state index is 14.0. The number of amides is 1. The summed E-state index contributed by atoms with van der Waals surface area (Å²) in [5.74, 6) is 0.765. The molecule has 3 unspecified atom stereocenters. The fourth-order valence-corrected chi connectivity index (χ4v) is 2.52. The first-order chi connectivity index (χ1) is 11.8. The fourth-order valence-electron chi connectivity index (χ4n) is 2.52. The van der Waals surface area contributed by atoms with E-state index in [0.29, 0.717) is 29.0 Å². The number of benzene rings is 1. The predicted octanol–water partition coefficient (Wildman–Crippen LogP) is 3.31. The van der Waals surface area contributed by atoms with Crippen molar-refractivity contribution in [2.24, 2.45) is 5.73 Å². The molecule has 5 nitrogen and oxygen atoms in total. The van der Waals surface area contributed by atoms with Gasteiger partial charge in [0, 0.05) is 30.4 Å². The van der Waals surface area contributed by atoms with Crippen LogP contribution < -0.4 is 15.2 Å². The lowest BCUT2D eigenvalue weighted by atomic mass is 9.98. The molecule has 0 heterocycles. The Bertz CT molecular complexity index is 571. The minimum absolute atomic E-state index is 0.270. The van der Waals surface area contributed by atoms with Crippen molar-refractivity contribution in [1.82, 2.24) is 0 Å². The molecule has 8 heteroatoms. The molecule has 2 N–H and O–H groups in total. The predicted molar refractivity (Wildman–Crippen MR) is 87.5 cm³/mol. The van der Waals surface area contributed by atoms with Crippen molar-refractivity contribution in [3.8, 4) is 11.5 Å². The fraction of sp³-hybridized carbons (Fsp3) is 0.588. The van der Waals surface area contributed by atoms with Gasteiger partial charge < -0.3 is 19.9 Å². The van der Waals surface area contributed by atoms with Crippen LogP contribution in [0.4, 0.5) is 18.0 Å². The third-order valence-electron chi connectivity index (χ3n) is 3.70. The normalized spacial score (nSPS) is 14.5. The standard InChI is InChI=1S/C17H24F3NO4/c1-10(25-17(21)22)6-11-8-16(24-3)12(9-15(11)23-2)7-14(20)13(19)4-5-18/h8-10,13-14H,4-7H2,1-3H3,(H2,21,22). The lowest BCUT2D eigenvalue weighted by Crippen LogP contribution is -2.22. The Kier molecular flexibility index (Phi) is 8.37. The van der Waals surface area contributed by atoms with Gasteiger partial charge in [-0.15, -0.1) is 0 Å². The minimum atomic E-state index is -1.88. The molecular weight excluding hydrogens is 339 g/mol. The van der Waals surface area contributed by atoms with Crippen LogP contribution in [0.5, 0.6) is 11.5 Å². The summed E-state index contributed by atoms with van der Waals surface area (Å²) in [7, 11) is 2.84. The van der Waals surface area contributed by atoms with E-state index in [1.807, 2.05) is 0 Å². The maximum absolute atomic E-state index is 14.0. The molecule has 1 amide bonds. The molecule has 1 rings (SSSR count). The van der Waals surface area contributed by atoms with Crippen LogP contribution in [-0.2, 0) is 17.6 Å². The van der Waals surface area contributed by atoms with Crippen molar-refractivity contribution in [3.05, 3.63) is 23.3 Å². The van der Waals surface area contributed by atoms with Crippen LogP contribution in [0.3, 0.4) is 0 Å². The molecule has 142 valence electrons. The first-order valence-corrected chi connectivity index (χ1v) is 7.86. The van der Waals surface area contributed by atoms with Crippen LogP contribution in [0.2, 0.25) is 0 Å². The van der Waals surface area contributed by atoms with Crippen LogP contribution in [-0.4, -0.2) is 45.4 Å². The third kappa shape index (κ3) is 6.36. The van der Waals surface area contributed by atoms with Crippen molar-refractivity contribution in [3.63, 3.8) is 0 Å². The van der Waals surface area contributed by atoms with Gasteiger partial charge in [-0.25, -0.2) is 13.6 Å². The number of rotatable bonds is 10. The monoisotopic (exact) mass is 363 g/mol. The van der Waals surface area contributed by atoms with Gasteiger partial charge in [0.2, 0.25) is 0 Å². The number of ether oxygens (including phenoxy) is 3. The van der Waals surface area contributed by atoms with Crippen LogP contribution in [0.15, 0.2) is 12.1 Å². The number of carbonyl (C=O) groups excluding carboxylic acids is 1. The molecule has 1 aromatic rings. The zero-order valence-corrected chi connectivity index (χ0v) is 14.6. The second-order valence-corrected chi connectivity index (χ2v) is 5.64. The zero-order valence-electron chi connectivity index (χ0n) is 14.6. The Hall–Kier alpha value is -2.12. The van der Waals surface area contributed by atoms with Crippen LogP contribution in [0, 0.1) is 0 Å². The summed E-state index contributed by atoms with van der Waals surface area (Å²) in [6, 6.07) is 3.16. The van der Waals surface area contributed by atoms with E-state index < -0.39 is 37.6 Å². The number of hydrogen-bond donors (Lipinski definition) is 1. The molecule has 0 aliphatic carbocycles. The van der Waals surface area contributed by atoms with Gasteiger partial charge in [0.25, 0.3) is 0 Å². The number of nitrogens with two attached hydrogens (primary N) is 1. The Morgan fingerprint density at radius 2 is 1.60 bits per heavy atom. The van der Waals surface area contributed by atoms with Gasteiger partial charge in [0.1, 0.15) is 29.9 Å². The first-order valence-electron chi connectivity index (χ1n) is 7.86. The average molecular weight is 363 g/mol. The van der Waals surface area contributed by atoms with Gasteiger partial charge in [0.05, 0.1) is 20.9 Å². The van der Waals surface area contributed by atoms with Gasteiger partial charge in [-0.3, -0.25) is 4.39 Å². The molecule has 0 fully saturated rings. The molecule has 0 aliphatic heterocycles. The Balaban J connectivity index is 3.03. The van der Waals surface area contributed by atoms with Gasteiger partial charge in [-0.2, -0.15) is 0 Å².